The van der Waals surface area contributed by atoms with E-state index in [1.54, 1.807) is 0 Å². The Kier molecular flexibility index (Phi) is 14.0. The first-order valence-electron chi connectivity index (χ1n) is 6.81. The normalized spacial score (nSPS) is 13.1. The molecule has 0 aromatic carbocycles. The maximum absolute atomic E-state index is 8.89. The molecule has 0 heterocycles. The van der Waals surface area contributed by atoms with Gasteiger partial charge < -0.3 is 29.2 Å². The van der Waals surface area contributed by atoms with E-state index in [4.69, 9.17) is 29.2 Å². The number of rotatable bonds is 14. The van der Waals surface area contributed by atoms with Crippen molar-refractivity contribution < 1.29 is 29.2 Å². The monoisotopic (exact) mass is 280 g/mol. The van der Waals surface area contributed by atoms with Crippen LogP contribution in [0.1, 0.15) is 20.3 Å². The largest absolute Gasteiger partial charge is 0.396 e. The molecule has 6 nitrogen and oxygen atoms in total. The SMILES string of the molecule is CC(C)OCCOCCOC(CCO)COCCO. The molecule has 0 saturated heterocycles. The first-order chi connectivity index (χ1) is 9.20. The molecule has 2 N–H and O–H groups in total. The van der Waals surface area contributed by atoms with Gasteiger partial charge in [0.25, 0.3) is 0 Å². The fourth-order valence-electron chi connectivity index (χ4n) is 1.36. The average Bonchev–Trinajstić information content (AvgIpc) is 2.37. The molecule has 19 heavy (non-hydrogen) atoms. The quantitative estimate of drug-likeness (QED) is 0.443. The number of hydrogen-bond donors (Lipinski definition) is 2. The summed E-state index contributed by atoms with van der Waals surface area (Å²) >= 11 is 0. The molecule has 0 radical (unpaired) electrons. The Bertz CT molecular complexity index is 177. The van der Waals surface area contributed by atoms with Gasteiger partial charge in [-0.15, -0.1) is 0 Å². The average molecular weight is 280 g/mol. The molecule has 1 atom stereocenters. The summed E-state index contributed by atoms with van der Waals surface area (Å²) in [6, 6.07) is 0. The molecule has 0 rings (SSSR count). The molecule has 0 aromatic heterocycles. The maximum Gasteiger partial charge on any atom is 0.0831 e. The minimum Gasteiger partial charge on any atom is -0.396 e. The molecular formula is C13H28O6. The fraction of sp³-hybridized carbons (Fsp3) is 1.00. The van der Waals surface area contributed by atoms with Crippen LogP contribution in [-0.4, -0.2) is 75.3 Å². The van der Waals surface area contributed by atoms with Crippen LogP contribution in [0.2, 0.25) is 0 Å². The van der Waals surface area contributed by atoms with Gasteiger partial charge in [-0.25, -0.2) is 0 Å². The number of aliphatic hydroxyl groups is 2. The van der Waals surface area contributed by atoms with E-state index in [1.807, 2.05) is 13.8 Å². The van der Waals surface area contributed by atoms with Gasteiger partial charge in [-0.05, 0) is 20.3 Å². The summed E-state index contributed by atoms with van der Waals surface area (Å²) in [6.07, 6.45) is 0.576. The molecule has 0 saturated carbocycles. The highest BCUT2D eigenvalue weighted by molar-refractivity contribution is 4.56. The highest BCUT2D eigenvalue weighted by Gasteiger charge is 2.08. The molecular weight excluding hydrogens is 252 g/mol. The van der Waals surface area contributed by atoms with Gasteiger partial charge in [0.1, 0.15) is 0 Å². The molecule has 0 bridgehead atoms. The van der Waals surface area contributed by atoms with E-state index in [9.17, 15) is 0 Å². The molecule has 6 heteroatoms. The van der Waals surface area contributed by atoms with Crippen molar-refractivity contribution in [2.24, 2.45) is 0 Å². The standard InChI is InChI=1S/C13H28O6/c1-12(2)18-9-7-16-8-10-19-13(3-4-14)11-17-6-5-15/h12-15H,3-11H2,1-2H3. The van der Waals surface area contributed by atoms with E-state index in [0.29, 0.717) is 39.5 Å². The zero-order valence-corrected chi connectivity index (χ0v) is 12.0. The van der Waals surface area contributed by atoms with Crippen LogP contribution in [0.5, 0.6) is 0 Å². The van der Waals surface area contributed by atoms with Crippen LogP contribution in [0.25, 0.3) is 0 Å². The lowest BCUT2D eigenvalue weighted by Crippen LogP contribution is -2.24. The molecule has 0 fully saturated rings. The molecule has 0 aliphatic rings. The molecule has 0 amide bonds. The molecule has 0 aromatic rings. The third-order valence-electron chi connectivity index (χ3n) is 2.25. The first kappa shape index (κ1) is 18.8. The second-order valence-electron chi connectivity index (χ2n) is 4.34. The van der Waals surface area contributed by atoms with Crippen molar-refractivity contribution in [3.8, 4) is 0 Å². The van der Waals surface area contributed by atoms with Crippen molar-refractivity contribution >= 4 is 0 Å². The third kappa shape index (κ3) is 14.0. The summed E-state index contributed by atoms with van der Waals surface area (Å²) < 4.78 is 21.4. The minimum atomic E-state index is -0.160. The Hall–Kier alpha value is -0.240. The molecule has 1 unspecified atom stereocenters. The van der Waals surface area contributed by atoms with Crippen LogP contribution < -0.4 is 0 Å². The van der Waals surface area contributed by atoms with Crippen molar-refractivity contribution in [2.45, 2.75) is 32.5 Å². The second-order valence-corrected chi connectivity index (χ2v) is 4.34. The number of ether oxygens (including phenoxy) is 4. The Morgan fingerprint density at radius 3 is 2.05 bits per heavy atom. The van der Waals surface area contributed by atoms with Crippen LogP contribution >= 0.6 is 0 Å². The van der Waals surface area contributed by atoms with Crippen molar-refractivity contribution in [1.82, 2.24) is 0 Å². The topological polar surface area (TPSA) is 77.4 Å². The molecule has 0 aliphatic carbocycles. The van der Waals surface area contributed by atoms with Gasteiger partial charge in [0.2, 0.25) is 0 Å². The van der Waals surface area contributed by atoms with Crippen molar-refractivity contribution in [3.05, 3.63) is 0 Å². The van der Waals surface area contributed by atoms with Gasteiger partial charge >= 0.3 is 0 Å². The van der Waals surface area contributed by atoms with E-state index in [1.165, 1.54) is 0 Å². The number of aliphatic hydroxyl groups excluding tert-OH is 2. The summed E-state index contributed by atoms with van der Waals surface area (Å²) in [6.45, 7) is 6.74. The number of hydrogen-bond acceptors (Lipinski definition) is 6. The van der Waals surface area contributed by atoms with Crippen LogP contribution in [-0.2, 0) is 18.9 Å². The van der Waals surface area contributed by atoms with E-state index >= 15 is 0 Å². The van der Waals surface area contributed by atoms with Crippen LogP contribution in [0, 0.1) is 0 Å². The fourth-order valence-corrected chi connectivity index (χ4v) is 1.36. The van der Waals surface area contributed by atoms with Gasteiger partial charge in [-0.1, -0.05) is 0 Å². The third-order valence-corrected chi connectivity index (χ3v) is 2.25. The summed E-state index contributed by atoms with van der Waals surface area (Å²) in [5, 5.41) is 17.5. The van der Waals surface area contributed by atoms with Crippen molar-refractivity contribution in [2.75, 3.05) is 52.9 Å². The van der Waals surface area contributed by atoms with Crippen molar-refractivity contribution in [3.63, 3.8) is 0 Å². The Balaban J connectivity index is 3.41. The summed E-state index contributed by atoms with van der Waals surface area (Å²) in [4.78, 5) is 0. The van der Waals surface area contributed by atoms with Crippen LogP contribution in [0.3, 0.4) is 0 Å². The Morgan fingerprint density at radius 2 is 1.47 bits per heavy atom. The van der Waals surface area contributed by atoms with Gasteiger partial charge in [0.15, 0.2) is 0 Å². The molecule has 116 valence electrons. The smallest absolute Gasteiger partial charge is 0.0831 e. The van der Waals surface area contributed by atoms with E-state index in [2.05, 4.69) is 0 Å². The lowest BCUT2D eigenvalue weighted by molar-refractivity contribution is -0.0565. The van der Waals surface area contributed by atoms with Crippen LogP contribution in [0.15, 0.2) is 0 Å². The van der Waals surface area contributed by atoms with Gasteiger partial charge in [-0.3, -0.25) is 0 Å². The van der Waals surface area contributed by atoms with Crippen LogP contribution in [0.4, 0.5) is 0 Å². The molecule has 0 aliphatic heterocycles. The maximum atomic E-state index is 8.89. The van der Waals surface area contributed by atoms with Gasteiger partial charge in [0, 0.05) is 6.61 Å². The van der Waals surface area contributed by atoms with Gasteiger partial charge in [-0.2, -0.15) is 0 Å². The van der Waals surface area contributed by atoms with Crippen molar-refractivity contribution in [1.29, 1.82) is 0 Å². The zero-order chi connectivity index (χ0) is 14.3. The predicted molar refractivity (Wildman–Crippen MR) is 71.3 cm³/mol. The molecule has 0 spiro atoms. The minimum absolute atomic E-state index is 0.00912. The highest BCUT2D eigenvalue weighted by Crippen LogP contribution is 1.99. The van der Waals surface area contributed by atoms with E-state index in [-0.39, 0.29) is 32.0 Å². The first-order valence-corrected chi connectivity index (χ1v) is 6.81. The lowest BCUT2D eigenvalue weighted by atomic mass is 10.3. The van der Waals surface area contributed by atoms with Gasteiger partial charge in [0.05, 0.1) is 58.5 Å². The Labute approximate surface area is 115 Å². The Morgan fingerprint density at radius 1 is 0.789 bits per heavy atom. The zero-order valence-electron chi connectivity index (χ0n) is 12.0. The lowest BCUT2D eigenvalue weighted by Gasteiger charge is -2.17. The summed E-state index contributed by atoms with van der Waals surface area (Å²) in [5.41, 5.74) is 0. The van der Waals surface area contributed by atoms with E-state index < -0.39 is 0 Å². The highest BCUT2D eigenvalue weighted by atomic mass is 16.6. The second kappa shape index (κ2) is 14.2. The predicted octanol–water partition coefficient (Wildman–Crippen LogP) is 0.205. The summed E-state index contributed by atoms with van der Waals surface area (Å²) in [5.74, 6) is 0. The van der Waals surface area contributed by atoms with E-state index in [0.717, 1.165) is 0 Å². The summed E-state index contributed by atoms with van der Waals surface area (Å²) in [7, 11) is 0.